The molecule has 0 aliphatic carbocycles. The Bertz CT molecular complexity index is 673. The van der Waals surface area contributed by atoms with E-state index in [1.165, 1.54) is 0 Å². The Kier molecular flexibility index (Phi) is 2.80. The summed E-state index contributed by atoms with van der Waals surface area (Å²) in [5.41, 5.74) is 3.76. The lowest BCUT2D eigenvalue weighted by atomic mass is 10.2. The van der Waals surface area contributed by atoms with E-state index in [9.17, 15) is 0 Å². The molecule has 0 spiro atoms. The van der Waals surface area contributed by atoms with Gasteiger partial charge in [-0.1, -0.05) is 34.1 Å². The zero-order chi connectivity index (χ0) is 12.5. The maximum Gasteiger partial charge on any atom is 0.300 e. The number of hydrogen-bond acceptors (Lipinski definition) is 3. The van der Waals surface area contributed by atoms with E-state index in [2.05, 4.69) is 26.2 Å². The van der Waals surface area contributed by atoms with Gasteiger partial charge in [0.1, 0.15) is 5.52 Å². The van der Waals surface area contributed by atoms with Crippen LogP contribution in [0.5, 0.6) is 0 Å². The SMILES string of the molecule is Cc1ccc(Br)cc1Nc1nc2ccccc2o1. The summed E-state index contributed by atoms with van der Waals surface area (Å²) in [6, 6.07) is 14.3. The van der Waals surface area contributed by atoms with Gasteiger partial charge < -0.3 is 9.73 Å². The van der Waals surface area contributed by atoms with Crippen LogP contribution in [0.25, 0.3) is 11.1 Å². The van der Waals surface area contributed by atoms with Crippen molar-refractivity contribution in [3.8, 4) is 0 Å². The van der Waals surface area contributed by atoms with Crippen molar-refractivity contribution in [2.24, 2.45) is 0 Å². The van der Waals surface area contributed by atoms with Gasteiger partial charge in [0.05, 0.1) is 0 Å². The van der Waals surface area contributed by atoms with Gasteiger partial charge in [-0.05, 0) is 36.8 Å². The summed E-state index contributed by atoms with van der Waals surface area (Å²) in [5, 5.41) is 3.19. The fourth-order valence-electron chi connectivity index (χ4n) is 1.77. The topological polar surface area (TPSA) is 38.1 Å². The highest BCUT2D eigenvalue weighted by Crippen LogP contribution is 2.26. The Morgan fingerprint density at radius 3 is 2.83 bits per heavy atom. The molecule has 2 aromatic carbocycles. The van der Waals surface area contributed by atoms with E-state index in [1.807, 2.05) is 49.4 Å². The lowest BCUT2D eigenvalue weighted by Crippen LogP contribution is -1.92. The van der Waals surface area contributed by atoms with Crippen LogP contribution in [-0.4, -0.2) is 4.98 Å². The summed E-state index contributed by atoms with van der Waals surface area (Å²) >= 11 is 3.45. The van der Waals surface area contributed by atoms with Crippen molar-refractivity contribution >= 4 is 38.7 Å². The van der Waals surface area contributed by atoms with Crippen LogP contribution in [-0.2, 0) is 0 Å². The smallest absolute Gasteiger partial charge is 0.300 e. The lowest BCUT2D eigenvalue weighted by Gasteiger charge is -2.05. The quantitative estimate of drug-likeness (QED) is 0.749. The molecule has 3 nitrogen and oxygen atoms in total. The van der Waals surface area contributed by atoms with Crippen LogP contribution in [0.15, 0.2) is 51.4 Å². The number of halogens is 1. The van der Waals surface area contributed by atoms with Gasteiger partial charge in [-0.25, -0.2) is 0 Å². The van der Waals surface area contributed by atoms with Crippen LogP contribution < -0.4 is 5.32 Å². The number of fused-ring (bicyclic) bond motifs is 1. The minimum atomic E-state index is 0.511. The van der Waals surface area contributed by atoms with E-state index in [0.717, 1.165) is 26.8 Å². The van der Waals surface area contributed by atoms with E-state index < -0.39 is 0 Å². The molecule has 0 fully saturated rings. The second-order valence-electron chi connectivity index (χ2n) is 4.07. The van der Waals surface area contributed by atoms with Crippen LogP contribution in [0.4, 0.5) is 11.7 Å². The number of benzene rings is 2. The minimum Gasteiger partial charge on any atom is -0.423 e. The number of oxazole rings is 1. The van der Waals surface area contributed by atoms with Gasteiger partial charge >= 0.3 is 0 Å². The molecule has 0 unspecified atom stereocenters. The van der Waals surface area contributed by atoms with E-state index in [1.54, 1.807) is 0 Å². The van der Waals surface area contributed by atoms with Crippen LogP contribution in [0.3, 0.4) is 0 Å². The highest BCUT2D eigenvalue weighted by atomic mass is 79.9. The lowest BCUT2D eigenvalue weighted by molar-refractivity contribution is 0.623. The molecule has 0 aliphatic rings. The summed E-state index contributed by atoms with van der Waals surface area (Å²) in [5.74, 6) is 0. The van der Waals surface area contributed by atoms with Gasteiger partial charge in [-0.2, -0.15) is 4.98 Å². The molecule has 1 N–H and O–H groups in total. The highest BCUT2D eigenvalue weighted by Gasteiger charge is 2.06. The molecule has 0 saturated heterocycles. The van der Waals surface area contributed by atoms with Crippen molar-refractivity contribution in [1.29, 1.82) is 0 Å². The Morgan fingerprint density at radius 2 is 2.00 bits per heavy atom. The first-order valence-electron chi connectivity index (χ1n) is 5.61. The summed E-state index contributed by atoms with van der Waals surface area (Å²) in [7, 11) is 0. The fraction of sp³-hybridized carbons (Fsp3) is 0.0714. The van der Waals surface area contributed by atoms with Gasteiger partial charge in [-0.3, -0.25) is 0 Å². The number of hydrogen-bond donors (Lipinski definition) is 1. The first-order valence-corrected chi connectivity index (χ1v) is 6.40. The predicted molar refractivity (Wildman–Crippen MR) is 76.2 cm³/mol. The van der Waals surface area contributed by atoms with Gasteiger partial charge in [-0.15, -0.1) is 0 Å². The number of nitrogens with one attached hydrogen (secondary N) is 1. The first kappa shape index (κ1) is 11.3. The Hall–Kier alpha value is -1.81. The molecular formula is C14H11BrN2O. The third kappa shape index (κ3) is 2.11. The number of rotatable bonds is 2. The molecular weight excluding hydrogens is 292 g/mol. The molecule has 0 amide bonds. The maximum atomic E-state index is 5.63. The van der Waals surface area contributed by atoms with Crippen LogP contribution in [0.2, 0.25) is 0 Å². The third-order valence-electron chi connectivity index (χ3n) is 2.74. The van der Waals surface area contributed by atoms with E-state index in [4.69, 9.17) is 4.42 Å². The number of aromatic nitrogens is 1. The Labute approximate surface area is 113 Å². The number of aryl methyl sites for hydroxylation is 1. The molecule has 3 rings (SSSR count). The Morgan fingerprint density at radius 1 is 1.17 bits per heavy atom. The molecule has 1 heterocycles. The van der Waals surface area contributed by atoms with Crippen molar-refractivity contribution in [3.63, 3.8) is 0 Å². The molecule has 0 aliphatic heterocycles. The van der Waals surface area contributed by atoms with Gasteiger partial charge in [0, 0.05) is 10.2 Å². The van der Waals surface area contributed by atoms with E-state index in [0.29, 0.717) is 6.01 Å². The summed E-state index contributed by atoms with van der Waals surface area (Å²) in [4.78, 5) is 4.39. The zero-order valence-corrected chi connectivity index (χ0v) is 11.4. The molecule has 0 atom stereocenters. The third-order valence-corrected chi connectivity index (χ3v) is 3.23. The van der Waals surface area contributed by atoms with E-state index in [-0.39, 0.29) is 0 Å². The van der Waals surface area contributed by atoms with Crippen molar-refractivity contribution in [1.82, 2.24) is 4.98 Å². The molecule has 90 valence electrons. The molecule has 18 heavy (non-hydrogen) atoms. The van der Waals surface area contributed by atoms with Crippen LogP contribution in [0.1, 0.15) is 5.56 Å². The Balaban J connectivity index is 1.98. The van der Waals surface area contributed by atoms with Crippen molar-refractivity contribution in [2.75, 3.05) is 5.32 Å². The molecule has 3 aromatic rings. The number of para-hydroxylation sites is 2. The predicted octanol–water partition coefficient (Wildman–Crippen LogP) is 4.64. The van der Waals surface area contributed by atoms with Crippen LogP contribution in [0, 0.1) is 6.92 Å². The van der Waals surface area contributed by atoms with E-state index >= 15 is 0 Å². The minimum absolute atomic E-state index is 0.511. The average Bonchev–Trinajstić information content (AvgIpc) is 2.76. The van der Waals surface area contributed by atoms with Crippen molar-refractivity contribution in [3.05, 3.63) is 52.5 Å². The zero-order valence-electron chi connectivity index (χ0n) is 9.77. The normalized spacial score (nSPS) is 10.8. The number of nitrogens with zero attached hydrogens (tertiary/aromatic N) is 1. The number of anilines is 2. The monoisotopic (exact) mass is 302 g/mol. The summed E-state index contributed by atoms with van der Waals surface area (Å²) < 4.78 is 6.65. The van der Waals surface area contributed by atoms with Gasteiger partial charge in [0.15, 0.2) is 5.58 Å². The maximum absolute atomic E-state index is 5.63. The molecule has 0 bridgehead atoms. The second kappa shape index (κ2) is 4.46. The first-order chi connectivity index (χ1) is 8.72. The van der Waals surface area contributed by atoms with Gasteiger partial charge in [0.2, 0.25) is 0 Å². The highest BCUT2D eigenvalue weighted by molar-refractivity contribution is 9.10. The molecule has 4 heteroatoms. The summed E-state index contributed by atoms with van der Waals surface area (Å²) in [6.07, 6.45) is 0. The largest absolute Gasteiger partial charge is 0.423 e. The fourth-order valence-corrected chi connectivity index (χ4v) is 2.13. The molecule has 1 aromatic heterocycles. The van der Waals surface area contributed by atoms with Crippen molar-refractivity contribution in [2.45, 2.75) is 6.92 Å². The summed E-state index contributed by atoms with van der Waals surface area (Å²) in [6.45, 7) is 2.04. The van der Waals surface area contributed by atoms with Gasteiger partial charge in [0.25, 0.3) is 6.01 Å². The molecule has 0 radical (unpaired) electrons. The van der Waals surface area contributed by atoms with Crippen molar-refractivity contribution < 1.29 is 4.42 Å². The standard InChI is InChI=1S/C14H11BrN2O/c1-9-6-7-10(15)8-12(9)17-14-16-11-4-2-3-5-13(11)18-14/h2-8H,1H3,(H,16,17). The van der Waals surface area contributed by atoms with Crippen LogP contribution >= 0.6 is 15.9 Å². The molecule has 0 saturated carbocycles. The average molecular weight is 303 g/mol. The second-order valence-corrected chi connectivity index (χ2v) is 4.99.